The summed E-state index contributed by atoms with van der Waals surface area (Å²) in [7, 11) is 0. The normalized spacial score (nSPS) is 11.6. The Bertz CT molecular complexity index is 3140. The Morgan fingerprint density at radius 3 is 1.69 bits per heavy atom. The van der Waals surface area contributed by atoms with E-state index in [1.54, 1.807) is 0 Å². The number of furan rings is 1. The van der Waals surface area contributed by atoms with Gasteiger partial charge in [0.1, 0.15) is 11.2 Å². The van der Waals surface area contributed by atoms with Crippen LogP contribution >= 0.6 is 0 Å². The van der Waals surface area contributed by atoms with E-state index in [2.05, 4.69) is 210 Å². The molecule has 0 radical (unpaired) electrons. The molecule has 0 bridgehead atoms. The Morgan fingerprint density at radius 1 is 0.364 bits per heavy atom. The van der Waals surface area contributed by atoms with Gasteiger partial charge in [0.15, 0.2) is 0 Å². The lowest BCUT2D eigenvalue weighted by molar-refractivity contribution is 0.670. The summed E-state index contributed by atoms with van der Waals surface area (Å²) in [5, 5.41) is 7.18. The number of para-hydroxylation sites is 4. The van der Waals surface area contributed by atoms with Gasteiger partial charge < -0.3 is 13.9 Å². The molecule has 0 unspecified atom stereocenters. The number of rotatable bonds is 6. The summed E-state index contributed by atoms with van der Waals surface area (Å²) in [6, 6.07) is 73.9. The minimum atomic E-state index is 0.879. The lowest BCUT2D eigenvalue weighted by atomic mass is 9.99. The highest BCUT2D eigenvalue weighted by molar-refractivity contribution is 6.12. The van der Waals surface area contributed by atoms with Crippen LogP contribution in [0, 0.1) is 0 Å². The minimum Gasteiger partial charge on any atom is -0.455 e. The van der Waals surface area contributed by atoms with Crippen molar-refractivity contribution in [3.8, 4) is 27.9 Å². The molecule has 2 aromatic heterocycles. The lowest BCUT2D eigenvalue weighted by Crippen LogP contribution is -2.10. The smallest absolute Gasteiger partial charge is 0.143 e. The van der Waals surface area contributed by atoms with Crippen LogP contribution < -0.4 is 4.90 Å². The van der Waals surface area contributed by atoms with Crippen LogP contribution in [0.15, 0.2) is 211 Å². The molecule has 3 heteroatoms. The highest BCUT2D eigenvalue weighted by Gasteiger charge is 2.20. The maximum atomic E-state index is 6.67. The Labute approximate surface area is 318 Å². The molecule has 0 amide bonds. The highest BCUT2D eigenvalue weighted by Crippen LogP contribution is 2.44. The number of anilines is 3. The first-order valence-electron chi connectivity index (χ1n) is 18.8. The SMILES string of the molecule is c1ccc(N(c2ccc(-c3ccc4ccccc4c3)cc2)c2cc(-c3ccc(-n4c5ccccc5c5ccccc54)cc3)c3oc4ccccc4c3c2)cc1. The van der Waals surface area contributed by atoms with E-state index in [1.165, 1.54) is 43.7 Å². The third kappa shape index (κ3) is 5.20. The molecule has 2 heterocycles. The molecular formula is C52H34N2O. The van der Waals surface area contributed by atoms with Gasteiger partial charge in [-0.2, -0.15) is 0 Å². The molecule has 0 aliphatic rings. The quantitative estimate of drug-likeness (QED) is 0.172. The largest absolute Gasteiger partial charge is 0.455 e. The van der Waals surface area contributed by atoms with Crippen LogP contribution in [0.3, 0.4) is 0 Å². The third-order valence-electron chi connectivity index (χ3n) is 11.0. The van der Waals surface area contributed by atoms with E-state index in [9.17, 15) is 0 Å². The van der Waals surface area contributed by atoms with Crippen LogP contribution in [0.25, 0.3) is 82.5 Å². The molecule has 0 fully saturated rings. The van der Waals surface area contributed by atoms with Crippen molar-refractivity contribution in [1.82, 2.24) is 4.57 Å². The molecule has 0 saturated heterocycles. The van der Waals surface area contributed by atoms with Crippen LogP contribution in [-0.4, -0.2) is 4.57 Å². The van der Waals surface area contributed by atoms with Crippen molar-refractivity contribution >= 4 is 71.6 Å². The summed E-state index contributed by atoms with van der Waals surface area (Å²) in [5.41, 5.74) is 13.0. The lowest BCUT2D eigenvalue weighted by Gasteiger charge is -2.26. The molecule has 0 aliphatic heterocycles. The van der Waals surface area contributed by atoms with Crippen LogP contribution in [0.1, 0.15) is 0 Å². The van der Waals surface area contributed by atoms with Gasteiger partial charge in [0.25, 0.3) is 0 Å². The van der Waals surface area contributed by atoms with Gasteiger partial charge in [-0.15, -0.1) is 0 Å². The first-order valence-corrected chi connectivity index (χ1v) is 18.8. The number of fused-ring (bicyclic) bond motifs is 7. The fourth-order valence-corrected chi connectivity index (χ4v) is 8.34. The predicted molar refractivity (Wildman–Crippen MR) is 231 cm³/mol. The molecule has 0 saturated carbocycles. The summed E-state index contributed by atoms with van der Waals surface area (Å²) < 4.78 is 9.03. The van der Waals surface area contributed by atoms with Crippen molar-refractivity contribution in [1.29, 1.82) is 0 Å². The van der Waals surface area contributed by atoms with Crippen LogP contribution in [0.4, 0.5) is 17.1 Å². The van der Waals surface area contributed by atoms with E-state index in [1.807, 2.05) is 6.07 Å². The molecule has 3 nitrogen and oxygen atoms in total. The van der Waals surface area contributed by atoms with Gasteiger partial charge >= 0.3 is 0 Å². The first-order chi connectivity index (χ1) is 27.3. The standard InChI is InChI=1S/C52H34N2O/c1-2-14-40(15-3-1)53(41-28-24-36(25-29-41)39-23-22-35-12-4-5-13-38(35)32-39)43-33-47(52-48(34-43)46-18-8-11-21-51(46)55-52)37-26-30-42(31-27-37)54-49-19-9-6-16-44(49)45-17-7-10-20-50(45)54/h1-34H. The van der Waals surface area contributed by atoms with Gasteiger partial charge in [-0.1, -0.05) is 133 Å². The average molecular weight is 703 g/mol. The van der Waals surface area contributed by atoms with Crippen molar-refractivity contribution in [3.63, 3.8) is 0 Å². The molecule has 0 N–H and O–H groups in total. The van der Waals surface area contributed by atoms with E-state index in [0.717, 1.165) is 55.8 Å². The van der Waals surface area contributed by atoms with Crippen molar-refractivity contribution in [2.75, 3.05) is 4.90 Å². The second kappa shape index (κ2) is 12.6. The van der Waals surface area contributed by atoms with Crippen LogP contribution in [-0.2, 0) is 0 Å². The predicted octanol–water partition coefficient (Wildman–Crippen LogP) is 14.6. The number of hydrogen-bond donors (Lipinski definition) is 0. The van der Waals surface area contributed by atoms with E-state index in [-0.39, 0.29) is 0 Å². The molecule has 0 spiro atoms. The number of benzene rings is 9. The van der Waals surface area contributed by atoms with Crippen molar-refractivity contribution in [2.24, 2.45) is 0 Å². The zero-order valence-electron chi connectivity index (χ0n) is 29.9. The average Bonchev–Trinajstić information content (AvgIpc) is 3.80. The Hall–Kier alpha value is -7.36. The van der Waals surface area contributed by atoms with E-state index in [0.29, 0.717) is 0 Å². The minimum absolute atomic E-state index is 0.879. The van der Waals surface area contributed by atoms with Crippen LogP contribution in [0.5, 0.6) is 0 Å². The zero-order chi connectivity index (χ0) is 36.3. The highest BCUT2D eigenvalue weighted by atomic mass is 16.3. The summed E-state index contributed by atoms with van der Waals surface area (Å²) in [5.74, 6) is 0. The molecule has 11 aromatic rings. The molecule has 9 aromatic carbocycles. The molecule has 11 rings (SSSR count). The molecule has 0 aliphatic carbocycles. The molecule has 258 valence electrons. The van der Waals surface area contributed by atoms with Gasteiger partial charge in [-0.25, -0.2) is 0 Å². The summed E-state index contributed by atoms with van der Waals surface area (Å²) in [6.45, 7) is 0. The maximum Gasteiger partial charge on any atom is 0.143 e. The van der Waals surface area contributed by atoms with E-state index < -0.39 is 0 Å². The van der Waals surface area contributed by atoms with Gasteiger partial charge in [0.05, 0.1) is 11.0 Å². The molecule has 55 heavy (non-hydrogen) atoms. The monoisotopic (exact) mass is 702 g/mol. The summed E-state index contributed by atoms with van der Waals surface area (Å²) >= 11 is 0. The second-order valence-electron chi connectivity index (χ2n) is 14.2. The summed E-state index contributed by atoms with van der Waals surface area (Å²) in [6.07, 6.45) is 0. The fraction of sp³-hybridized carbons (Fsp3) is 0. The van der Waals surface area contributed by atoms with Crippen molar-refractivity contribution in [3.05, 3.63) is 206 Å². The van der Waals surface area contributed by atoms with Gasteiger partial charge in [0.2, 0.25) is 0 Å². The Balaban J connectivity index is 1.07. The van der Waals surface area contributed by atoms with Crippen LogP contribution in [0.2, 0.25) is 0 Å². The van der Waals surface area contributed by atoms with Crippen molar-refractivity contribution < 1.29 is 4.42 Å². The fourth-order valence-electron chi connectivity index (χ4n) is 8.34. The topological polar surface area (TPSA) is 21.3 Å². The van der Waals surface area contributed by atoms with E-state index >= 15 is 0 Å². The third-order valence-corrected chi connectivity index (χ3v) is 11.0. The van der Waals surface area contributed by atoms with E-state index in [4.69, 9.17) is 4.42 Å². The number of aromatic nitrogens is 1. The van der Waals surface area contributed by atoms with Gasteiger partial charge in [-0.05, 0) is 100 Å². The Kier molecular flexibility index (Phi) is 7.17. The second-order valence-corrected chi connectivity index (χ2v) is 14.2. The number of hydrogen-bond acceptors (Lipinski definition) is 2. The molecule has 0 atom stereocenters. The zero-order valence-corrected chi connectivity index (χ0v) is 29.9. The number of nitrogens with zero attached hydrogens (tertiary/aromatic N) is 2. The van der Waals surface area contributed by atoms with Crippen molar-refractivity contribution in [2.45, 2.75) is 0 Å². The first kappa shape index (κ1) is 31.2. The molecular weight excluding hydrogens is 669 g/mol. The van der Waals surface area contributed by atoms with Gasteiger partial charge in [0, 0.05) is 49.9 Å². The summed E-state index contributed by atoms with van der Waals surface area (Å²) in [4.78, 5) is 2.35. The Morgan fingerprint density at radius 2 is 0.945 bits per heavy atom. The maximum absolute atomic E-state index is 6.67. The van der Waals surface area contributed by atoms with Gasteiger partial charge in [-0.3, -0.25) is 0 Å².